The van der Waals surface area contributed by atoms with E-state index in [0.717, 1.165) is 45.3 Å². The zero-order valence-corrected chi connectivity index (χ0v) is 20.3. The Bertz CT molecular complexity index is 1690. The molecule has 6 heteroatoms. The van der Waals surface area contributed by atoms with Crippen LogP contribution >= 0.6 is 0 Å². The van der Waals surface area contributed by atoms with Crippen molar-refractivity contribution in [1.82, 2.24) is 19.7 Å². The molecule has 7 rings (SSSR count). The lowest BCUT2D eigenvalue weighted by molar-refractivity contribution is 0.431. The summed E-state index contributed by atoms with van der Waals surface area (Å²) in [5, 5.41) is 4.23. The van der Waals surface area contributed by atoms with Gasteiger partial charge < -0.3 is 9.47 Å². The predicted octanol–water partition coefficient (Wildman–Crippen LogP) is 6.94. The van der Waals surface area contributed by atoms with Crippen molar-refractivity contribution in [1.29, 1.82) is 0 Å². The summed E-state index contributed by atoms with van der Waals surface area (Å²) in [7, 11) is 0. The molecule has 0 bridgehead atoms. The highest BCUT2D eigenvalue weighted by atomic mass is 16.5. The third-order valence-electron chi connectivity index (χ3n) is 6.85. The first-order chi connectivity index (χ1) is 18.8. The van der Waals surface area contributed by atoms with Gasteiger partial charge in [0.2, 0.25) is 0 Å². The SMILES string of the molecule is c1ccc(C2(c3cccc(Oc4cccc(-n5cncn5)c4)c3)c3ccccc3Oc3ccccc32)nc1. The van der Waals surface area contributed by atoms with Crippen LogP contribution in [0.25, 0.3) is 5.69 Å². The molecule has 182 valence electrons. The van der Waals surface area contributed by atoms with Gasteiger partial charge in [0.25, 0.3) is 0 Å². The van der Waals surface area contributed by atoms with Gasteiger partial charge in [-0.1, -0.05) is 60.7 Å². The van der Waals surface area contributed by atoms with E-state index in [4.69, 9.17) is 14.5 Å². The lowest BCUT2D eigenvalue weighted by Gasteiger charge is -2.40. The summed E-state index contributed by atoms with van der Waals surface area (Å²) in [5.74, 6) is 3.04. The maximum absolute atomic E-state index is 6.39. The Balaban J connectivity index is 1.41. The molecule has 0 radical (unpaired) electrons. The summed E-state index contributed by atoms with van der Waals surface area (Å²) in [6, 6.07) is 38.4. The Kier molecular flexibility index (Phi) is 5.22. The van der Waals surface area contributed by atoms with Gasteiger partial charge in [-0.25, -0.2) is 9.67 Å². The molecule has 2 aromatic heterocycles. The van der Waals surface area contributed by atoms with Gasteiger partial charge in [-0.2, -0.15) is 5.10 Å². The van der Waals surface area contributed by atoms with Crippen LogP contribution in [0.4, 0.5) is 0 Å². The molecule has 6 nitrogen and oxygen atoms in total. The Morgan fingerprint density at radius 3 is 2.11 bits per heavy atom. The highest BCUT2D eigenvalue weighted by molar-refractivity contribution is 5.68. The van der Waals surface area contributed by atoms with Crippen LogP contribution in [-0.2, 0) is 5.41 Å². The van der Waals surface area contributed by atoms with Gasteiger partial charge in [0.15, 0.2) is 0 Å². The molecular weight excluding hydrogens is 472 g/mol. The number of nitrogens with zero attached hydrogens (tertiary/aromatic N) is 4. The molecular formula is C32H22N4O2. The maximum Gasteiger partial charge on any atom is 0.138 e. The van der Waals surface area contributed by atoms with E-state index < -0.39 is 5.41 Å². The number of aromatic nitrogens is 4. The Labute approximate surface area is 219 Å². The minimum Gasteiger partial charge on any atom is -0.457 e. The van der Waals surface area contributed by atoms with E-state index in [1.165, 1.54) is 6.33 Å². The van der Waals surface area contributed by atoms with Crippen LogP contribution in [0.3, 0.4) is 0 Å². The first-order valence-corrected chi connectivity index (χ1v) is 12.3. The Morgan fingerprint density at radius 2 is 1.39 bits per heavy atom. The van der Waals surface area contributed by atoms with Gasteiger partial charge in [0.1, 0.15) is 35.7 Å². The van der Waals surface area contributed by atoms with E-state index in [1.807, 2.05) is 91.1 Å². The van der Waals surface area contributed by atoms with Crippen LogP contribution < -0.4 is 9.47 Å². The third-order valence-corrected chi connectivity index (χ3v) is 6.85. The second-order valence-corrected chi connectivity index (χ2v) is 9.03. The predicted molar refractivity (Wildman–Crippen MR) is 144 cm³/mol. The zero-order valence-electron chi connectivity index (χ0n) is 20.3. The quantitative estimate of drug-likeness (QED) is 0.259. The van der Waals surface area contributed by atoms with Crippen molar-refractivity contribution < 1.29 is 9.47 Å². The largest absolute Gasteiger partial charge is 0.457 e. The first kappa shape index (κ1) is 22.0. The molecule has 0 atom stereocenters. The van der Waals surface area contributed by atoms with Crippen molar-refractivity contribution in [2.45, 2.75) is 5.41 Å². The Morgan fingerprint density at radius 1 is 0.684 bits per heavy atom. The monoisotopic (exact) mass is 494 g/mol. The summed E-state index contributed by atoms with van der Waals surface area (Å²) >= 11 is 0. The molecule has 0 N–H and O–H groups in total. The lowest BCUT2D eigenvalue weighted by atomic mass is 9.65. The van der Waals surface area contributed by atoms with Crippen LogP contribution in [0.5, 0.6) is 23.0 Å². The standard InChI is InChI=1S/C32H22N4O2/c1-3-15-29-27(13-1)32(31-17-5-6-18-34-31,28-14-2-4-16-30(28)38-29)23-9-7-11-25(19-23)37-26-12-8-10-24(20-26)36-22-33-21-35-36/h1-22H. The number of ether oxygens (including phenoxy) is 2. The van der Waals surface area contributed by atoms with Gasteiger partial charge in [0.05, 0.1) is 16.8 Å². The lowest BCUT2D eigenvalue weighted by Crippen LogP contribution is -2.35. The zero-order chi connectivity index (χ0) is 25.4. The van der Waals surface area contributed by atoms with Crippen LogP contribution in [0.2, 0.25) is 0 Å². The molecule has 0 fully saturated rings. The molecule has 1 aliphatic heterocycles. The maximum atomic E-state index is 6.39. The fourth-order valence-corrected chi connectivity index (χ4v) is 5.27. The number of fused-ring (bicyclic) bond motifs is 2. The average Bonchev–Trinajstić information content (AvgIpc) is 3.52. The number of hydrogen-bond acceptors (Lipinski definition) is 5. The number of pyridine rings is 1. The topological polar surface area (TPSA) is 62.1 Å². The second-order valence-electron chi connectivity index (χ2n) is 9.03. The summed E-state index contributed by atoms with van der Waals surface area (Å²) in [4.78, 5) is 8.93. The fraction of sp³-hybridized carbons (Fsp3) is 0.0312. The van der Waals surface area contributed by atoms with E-state index >= 15 is 0 Å². The highest BCUT2D eigenvalue weighted by Gasteiger charge is 2.46. The molecule has 0 spiro atoms. The van der Waals surface area contributed by atoms with Crippen molar-refractivity contribution in [3.8, 4) is 28.7 Å². The van der Waals surface area contributed by atoms with Crippen molar-refractivity contribution in [3.63, 3.8) is 0 Å². The van der Waals surface area contributed by atoms with Gasteiger partial charge in [-0.3, -0.25) is 4.98 Å². The number of para-hydroxylation sites is 2. The summed E-state index contributed by atoms with van der Waals surface area (Å²) in [6.45, 7) is 0. The first-order valence-electron chi connectivity index (χ1n) is 12.3. The van der Waals surface area contributed by atoms with Gasteiger partial charge in [-0.15, -0.1) is 0 Å². The molecule has 0 aliphatic carbocycles. The van der Waals surface area contributed by atoms with Crippen LogP contribution in [0, 0.1) is 0 Å². The summed E-state index contributed by atoms with van der Waals surface area (Å²) in [5.41, 5.74) is 4.17. The van der Waals surface area contributed by atoms with E-state index in [9.17, 15) is 0 Å². The van der Waals surface area contributed by atoms with E-state index in [0.29, 0.717) is 5.75 Å². The Hall–Kier alpha value is -5.23. The van der Waals surface area contributed by atoms with Crippen molar-refractivity contribution in [2.24, 2.45) is 0 Å². The van der Waals surface area contributed by atoms with Gasteiger partial charge in [-0.05, 0) is 54.1 Å². The molecule has 0 saturated carbocycles. The highest BCUT2D eigenvalue weighted by Crippen LogP contribution is 2.54. The molecule has 38 heavy (non-hydrogen) atoms. The summed E-state index contributed by atoms with van der Waals surface area (Å²) in [6.07, 6.45) is 5.02. The van der Waals surface area contributed by atoms with E-state index in [1.54, 1.807) is 11.0 Å². The van der Waals surface area contributed by atoms with Crippen molar-refractivity contribution >= 4 is 0 Å². The molecule has 3 heterocycles. The van der Waals surface area contributed by atoms with Crippen molar-refractivity contribution in [3.05, 3.63) is 156 Å². The number of hydrogen-bond donors (Lipinski definition) is 0. The molecule has 1 aliphatic rings. The van der Waals surface area contributed by atoms with Crippen LogP contribution in [0.15, 0.2) is 134 Å². The average molecular weight is 495 g/mol. The minimum atomic E-state index is -0.700. The van der Waals surface area contributed by atoms with E-state index in [-0.39, 0.29) is 0 Å². The van der Waals surface area contributed by atoms with Crippen LogP contribution in [-0.4, -0.2) is 19.7 Å². The molecule has 0 amide bonds. The van der Waals surface area contributed by atoms with Gasteiger partial charge in [0, 0.05) is 23.4 Å². The number of benzene rings is 4. The normalized spacial score (nSPS) is 13.2. The van der Waals surface area contributed by atoms with Gasteiger partial charge >= 0.3 is 0 Å². The van der Waals surface area contributed by atoms with Crippen molar-refractivity contribution in [2.75, 3.05) is 0 Å². The molecule has 6 aromatic rings. The summed E-state index contributed by atoms with van der Waals surface area (Å²) < 4.78 is 14.5. The fourth-order valence-electron chi connectivity index (χ4n) is 5.27. The van der Waals surface area contributed by atoms with Crippen LogP contribution in [0.1, 0.15) is 22.4 Å². The molecule has 0 unspecified atom stereocenters. The molecule has 0 saturated heterocycles. The number of rotatable bonds is 5. The minimum absolute atomic E-state index is 0.700. The second kappa shape index (κ2) is 9.01. The smallest absolute Gasteiger partial charge is 0.138 e. The third kappa shape index (κ3) is 3.54. The molecule has 4 aromatic carbocycles. The van der Waals surface area contributed by atoms with E-state index in [2.05, 4.69) is 40.4 Å².